The van der Waals surface area contributed by atoms with Gasteiger partial charge in [0.1, 0.15) is 5.75 Å². The molecular formula is C16H20N2O2. The van der Waals surface area contributed by atoms with Crippen LogP contribution in [-0.2, 0) is 13.5 Å². The third kappa shape index (κ3) is 3.07. The first-order valence-corrected chi connectivity index (χ1v) is 6.85. The Morgan fingerprint density at radius 3 is 2.50 bits per heavy atom. The van der Waals surface area contributed by atoms with E-state index in [1.807, 2.05) is 40.0 Å². The molecule has 4 heteroatoms. The first-order valence-electron chi connectivity index (χ1n) is 6.85. The van der Waals surface area contributed by atoms with Crippen LogP contribution in [-0.4, -0.2) is 21.7 Å². The summed E-state index contributed by atoms with van der Waals surface area (Å²) in [6.45, 7) is 5.95. The van der Waals surface area contributed by atoms with Crippen molar-refractivity contribution in [1.82, 2.24) is 9.78 Å². The lowest BCUT2D eigenvalue weighted by molar-refractivity contribution is 0.103. The van der Waals surface area contributed by atoms with Gasteiger partial charge in [0, 0.05) is 18.8 Å². The smallest absolute Gasteiger partial charge is 0.196 e. The van der Waals surface area contributed by atoms with E-state index in [1.54, 1.807) is 23.0 Å². The molecule has 0 aliphatic carbocycles. The molecule has 1 aromatic heterocycles. The molecule has 0 amide bonds. The van der Waals surface area contributed by atoms with Gasteiger partial charge in [-0.3, -0.25) is 9.48 Å². The highest BCUT2D eigenvalue weighted by Gasteiger charge is 2.16. The average Bonchev–Trinajstić information content (AvgIpc) is 2.79. The summed E-state index contributed by atoms with van der Waals surface area (Å²) >= 11 is 0. The normalized spacial score (nSPS) is 10.8. The van der Waals surface area contributed by atoms with Crippen molar-refractivity contribution in [2.45, 2.75) is 33.3 Å². The zero-order chi connectivity index (χ0) is 14.7. The van der Waals surface area contributed by atoms with E-state index in [4.69, 9.17) is 4.74 Å². The van der Waals surface area contributed by atoms with Crippen molar-refractivity contribution in [3.63, 3.8) is 0 Å². The van der Waals surface area contributed by atoms with Crippen LogP contribution in [0.3, 0.4) is 0 Å². The maximum absolute atomic E-state index is 12.5. The Labute approximate surface area is 119 Å². The van der Waals surface area contributed by atoms with E-state index in [2.05, 4.69) is 5.10 Å². The van der Waals surface area contributed by atoms with E-state index in [9.17, 15) is 4.79 Å². The van der Waals surface area contributed by atoms with Crippen molar-refractivity contribution >= 4 is 5.78 Å². The Morgan fingerprint density at radius 2 is 1.95 bits per heavy atom. The molecule has 0 fully saturated rings. The molecule has 0 saturated heterocycles. The highest BCUT2D eigenvalue weighted by molar-refractivity contribution is 6.09. The molecule has 0 aliphatic heterocycles. The molecule has 0 spiro atoms. The highest BCUT2D eigenvalue weighted by atomic mass is 16.5. The lowest BCUT2D eigenvalue weighted by Crippen LogP contribution is -2.06. The SMILES string of the molecule is CCc1nn(C)cc1C(=O)c1ccc(OC(C)C)cc1. The van der Waals surface area contributed by atoms with Gasteiger partial charge in [-0.2, -0.15) is 5.10 Å². The lowest BCUT2D eigenvalue weighted by Gasteiger charge is -2.09. The van der Waals surface area contributed by atoms with Crippen molar-refractivity contribution in [2.24, 2.45) is 7.05 Å². The number of aryl methyl sites for hydroxylation is 2. The summed E-state index contributed by atoms with van der Waals surface area (Å²) in [7, 11) is 1.83. The third-order valence-electron chi connectivity index (χ3n) is 2.97. The molecule has 4 nitrogen and oxygen atoms in total. The summed E-state index contributed by atoms with van der Waals surface area (Å²) in [6.07, 6.45) is 2.65. The molecule has 0 unspecified atom stereocenters. The number of hydrogen-bond donors (Lipinski definition) is 0. The summed E-state index contributed by atoms with van der Waals surface area (Å²) in [5, 5.41) is 4.30. The fraction of sp³-hybridized carbons (Fsp3) is 0.375. The maximum Gasteiger partial charge on any atom is 0.196 e. The summed E-state index contributed by atoms with van der Waals surface area (Å²) in [5.41, 5.74) is 2.16. The Kier molecular flexibility index (Phi) is 4.23. The number of rotatable bonds is 5. The van der Waals surface area contributed by atoms with Gasteiger partial charge in [-0.15, -0.1) is 0 Å². The Bertz CT molecular complexity index is 597. The minimum atomic E-state index is 0.00560. The molecule has 1 heterocycles. The van der Waals surface area contributed by atoms with Crippen molar-refractivity contribution < 1.29 is 9.53 Å². The summed E-state index contributed by atoms with van der Waals surface area (Å²) in [4.78, 5) is 12.5. The van der Waals surface area contributed by atoms with E-state index < -0.39 is 0 Å². The van der Waals surface area contributed by atoms with Crippen molar-refractivity contribution in [2.75, 3.05) is 0 Å². The summed E-state index contributed by atoms with van der Waals surface area (Å²) < 4.78 is 7.26. The molecule has 2 rings (SSSR count). The molecule has 0 N–H and O–H groups in total. The predicted octanol–water partition coefficient (Wildman–Crippen LogP) is 3.00. The highest BCUT2D eigenvalue weighted by Crippen LogP contribution is 2.18. The number of aromatic nitrogens is 2. The fourth-order valence-corrected chi connectivity index (χ4v) is 2.10. The van der Waals surface area contributed by atoms with Gasteiger partial charge in [0.25, 0.3) is 0 Å². The van der Waals surface area contributed by atoms with Gasteiger partial charge in [0.05, 0.1) is 17.4 Å². The second kappa shape index (κ2) is 5.90. The standard InChI is InChI=1S/C16H20N2O2/c1-5-15-14(10-18(4)17-15)16(19)12-6-8-13(9-7-12)20-11(2)3/h6-11H,5H2,1-4H3. The zero-order valence-corrected chi connectivity index (χ0v) is 12.4. The van der Waals surface area contributed by atoms with Gasteiger partial charge < -0.3 is 4.74 Å². The predicted molar refractivity (Wildman–Crippen MR) is 78.2 cm³/mol. The Balaban J connectivity index is 2.24. The minimum absolute atomic E-state index is 0.00560. The van der Waals surface area contributed by atoms with E-state index in [1.165, 1.54) is 0 Å². The van der Waals surface area contributed by atoms with Crippen LogP contribution in [0.2, 0.25) is 0 Å². The van der Waals surface area contributed by atoms with Gasteiger partial charge >= 0.3 is 0 Å². The van der Waals surface area contributed by atoms with Crippen LogP contribution in [0.15, 0.2) is 30.5 Å². The number of carbonyl (C=O) groups is 1. The van der Waals surface area contributed by atoms with Gasteiger partial charge in [-0.1, -0.05) is 6.92 Å². The molecule has 106 valence electrons. The number of nitrogens with zero attached hydrogens (tertiary/aromatic N) is 2. The summed E-state index contributed by atoms with van der Waals surface area (Å²) in [6, 6.07) is 7.25. The van der Waals surface area contributed by atoms with Crippen molar-refractivity contribution in [3.05, 3.63) is 47.3 Å². The van der Waals surface area contributed by atoms with Crippen LogP contribution in [0.1, 0.15) is 42.4 Å². The average molecular weight is 272 g/mol. The van der Waals surface area contributed by atoms with E-state index in [0.29, 0.717) is 11.1 Å². The molecular weight excluding hydrogens is 252 g/mol. The van der Waals surface area contributed by atoms with Gasteiger partial charge in [0.15, 0.2) is 5.78 Å². The van der Waals surface area contributed by atoms with Crippen LogP contribution in [0.25, 0.3) is 0 Å². The molecule has 0 aliphatic rings. The number of carbonyl (C=O) groups excluding carboxylic acids is 1. The second-order valence-electron chi connectivity index (χ2n) is 5.04. The van der Waals surface area contributed by atoms with Crippen LogP contribution in [0, 0.1) is 0 Å². The summed E-state index contributed by atoms with van der Waals surface area (Å²) in [5.74, 6) is 0.782. The number of ether oxygens (including phenoxy) is 1. The number of hydrogen-bond acceptors (Lipinski definition) is 3. The Morgan fingerprint density at radius 1 is 1.30 bits per heavy atom. The largest absolute Gasteiger partial charge is 0.491 e. The maximum atomic E-state index is 12.5. The molecule has 20 heavy (non-hydrogen) atoms. The molecule has 1 aromatic carbocycles. The zero-order valence-electron chi connectivity index (χ0n) is 12.4. The molecule has 0 bridgehead atoms. The number of ketones is 1. The monoisotopic (exact) mass is 272 g/mol. The van der Waals surface area contributed by atoms with Crippen molar-refractivity contribution in [1.29, 1.82) is 0 Å². The first-order chi connectivity index (χ1) is 9.51. The van der Waals surface area contributed by atoms with Crippen molar-refractivity contribution in [3.8, 4) is 5.75 Å². The van der Waals surface area contributed by atoms with E-state index in [-0.39, 0.29) is 11.9 Å². The quantitative estimate of drug-likeness (QED) is 0.786. The second-order valence-corrected chi connectivity index (χ2v) is 5.04. The molecule has 0 atom stereocenters. The van der Waals surface area contributed by atoms with Crippen LogP contribution < -0.4 is 4.74 Å². The minimum Gasteiger partial charge on any atom is -0.491 e. The van der Waals surface area contributed by atoms with Gasteiger partial charge in [-0.25, -0.2) is 0 Å². The third-order valence-corrected chi connectivity index (χ3v) is 2.97. The molecule has 0 saturated carbocycles. The Hall–Kier alpha value is -2.10. The molecule has 2 aromatic rings. The number of benzene rings is 1. The first kappa shape index (κ1) is 14.3. The van der Waals surface area contributed by atoms with Gasteiger partial charge in [0.2, 0.25) is 0 Å². The topological polar surface area (TPSA) is 44.1 Å². The fourth-order valence-electron chi connectivity index (χ4n) is 2.10. The van der Waals surface area contributed by atoms with Crippen LogP contribution >= 0.6 is 0 Å². The van der Waals surface area contributed by atoms with Crippen LogP contribution in [0.4, 0.5) is 0 Å². The van der Waals surface area contributed by atoms with Crippen LogP contribution in [0.5, 0.6) is 5.75 Å². The van der Waals surface area contributed by atoms with E-state index in [0.717, 1.165) is 17.9 Å². The molecule has 0 radical (unpaired) electrons. The van der Waals surface area contributed by atoms with E-state index >= 15 is 0 Å². The van der Waals surface area contributed by atoms with Gasteiger partial charge in [-0.05, 0) is 44.5 Å². The lowest BCUT2D eigenvalue weighted by atomic mass is 10.0.